The lowest BCUT2D eigenvalue weighted by Gasteiger charge is -2.24. The summed E-state index contributed by atoms with van der Waals surface area (Å²) in [4.78, 5) is 1.61. The molecule has 1 aromatic rings. The average Bonchev–Trinajstić information content (AvgIpc) is 2.63. The van der Waals surface area contributed by atoms with Gasteiger partial charge in [-0.1, -0.05) is 17.7 Å². The molecule has 0 saturated carbocycles. The van der Waals surface area contributed by atoms with Crippen LogP contribution >= 0.6 is 11.6 Å². The van der Waals surface area contributed by atoms with Gasteiger partial charge in [-0.15, -0.1) is 0 Å². The fourth-order valence-corrected chi connectivity index (χ4v) is 2.35. The molecular formula is C11H12ClF3N2. The van der Waals surface area contributed by atoms with E-state index in [4.69, 9.17) is 17.3 Å². The average molecular weight is 265 g/mol. The van der Waals surface area contributed by atoms with Crippen molar-refractivity contribution in [2.24, 2.45) is 5.73 Å². The van der Waals surface area contributed by atoms with Crippen LogP contribution in [0.2, 0.25) is 5.02 Å². The van der Waals surface area contributed by atoms with E-state index in [2.05, 4.69) is 0 Å². The lowest BCUT2D eigenvalue weighted by Crippen LogP contribution is -2.28. The Balaban J connectivity index is 2.44. The van der Waals surface area contributed by atoms with Gasteiger partial charge in [-0.3, -0.25) is 0 Å². The fourth-order valence-electron chi connectivity index (χ4n) is 2.06. The van der Waals surface area contributed by atoms with E-state index in [9.17, 15) is 13.2 Å². The number of anilines is 1. The van der Waals surface area contributed by atoms with Gasteiger partial charge < -0.3 is 10.6 Å². The van der Waals surface area contributed by atoms with Gasteiger partial charge in [0.2, 0.25) is 0 Å². The van der Waals surface area contributed by atoms with E-state index in [1.807, 2.05) is 0 Å². The summed E-state index contributed by atoms with van der Waals surface area (Å²) in [5.74, 6) is 0. The van der Waals surface area contributed by atoms with Crippen molar-refractivity contribution in [3.63, 3.8) is 0 Å². The SMILES string of the molecule is NC1CCN(c2c(Cl)cccc2C(F)(F)F)C1. The summed E-state index contributed by atoms with van der Waals surface area (Å²) >= 11 is 5.88. The molecule has 1 aliphatic heterocycles. The van der Waals surface area contributed by atoms with Gasteiger partial charge >= 0.3 is 6.18 Å². The van der Waals surface area contributed by atoms with E-state index < -0.39 is 11.7 Å². The molecule has 0 bridgehead atoms. The molecule has 1 aliphatic rings. The van der Waals surface area contributed by atoms with Crippen molar-refractivity contribution in [2.75, 3.05) is 18.0 Å². The summed E-state index contributed by atoms with van der Waals surface area (Å²) in [6.07, 6.45) is -3.71. The normalized spacial score (nSPS) is 21.0. The number of nitrogens with zero attached hydrogens (tertiary/aromatic N) is 1. The Hall–Kier alpha value is -0.940. The molecule has 1 aromatic carbocycles. The third kappa shape index (κ3) is 2.50. The van der Waals surface area contributed by atoms with Crippen molar-refractivity contribution in [1.82, 2.24) is 0 Å². The molecule has 1 atom stereocenters. The number of rotatable bonds is 1. The van der Waals surface area contributed by atoms with Crippen LogP contribution < -0.4 is 10.6 Å². The third-order valence-electron chi connectivity index (χ3n) is 2.83. The Morgan fingerprint density at radius 3 is 2.59 bits per heavy atom. The number of nitrogens with two attached hydrogens (primary N) is 1. The van der Waals surface area contributed by atoms with Gasteiger partial charge in [0.15, 0.2) is 0 Å². The number of halogens is 4. The maximum Gasteiger partial charge on any atom is 0.418 e. The van der Waals surface area contributed by atoms with Crippen LogP contribution in [0, 0.1) is 0 Å². The van der Waals surface area contributed by atoms with Crippen LogP contribution in [0.25, 0.3) is 0 Å². The van der Waals surface area contributed by atoms with E-state index >= 15 is 0 Å². The third-order valence-corrected chi connectivity index (χ3v) is 3.14. The first-order valence-corrected chi connectivity index (χ1v) is 5.63. The van der Waals surface area contributed by atoms with Gasteiger partial charge in [0.25, 0.3) is 0 Å². The monoisotopic (exact) mass is 264 g/mol. The fraction of sp³-hybridized carbons (Fsp3) is 0.455. The minimum Gasteiger partial charge on any atom is -0.368 e. The van der Waals surface area contributed by atoms with E-state index in [1.54, 1.807) is 4.90 Å². The van der Waals surface area contributed by atoms with E-state index in [1.165, 1.54) is 12.1 Å². The van der Waals surface area contributed by atoms with E-state index in [-0.39, 0.29) is 16.8 Å². The van der Waals surface area contributed by atoms with Crippen LogP contribution in [-0.2, 0) is 6.18 Å². The van der Waals surface area contributed by atoms with E-state index in [0.29, 0.717) is 19.5 Å². The summed E-state index contributed by atoms with van der Waals surface area (Å²) < 4.78 is 38.6. The molecule has 1 fully saturated rings. The zero-order valence-electron chi connectivity index (χ0n) is 8.97. The first kappa shape index (κ1) is 12.5. The molecule has 1 saturated heterocycles. The standard InChI is InChI=1S/C11H12ClF3N2/c12-9-3-1-2-8(11(13,14)15)10(9)17-5-4-7(16)6-17/h1-3,7H,4-6,16H2. The maximum absolute atomic E-state index is 12.9. The van der Waals surface area contributed by atoms with Crippen molar-refractivity contribution in [3.05, 3.63) is 28.8 Å². The Bertz CT molecular complexity index is 420. The summed E-state index contributed by atoms with van der Waals surface area (Å²) in [5.41, 5.74) is 5.06. The van der Waals surface area contributed by atoms with Gasteiger partial charge in [-0.25, -0.2) is 0 Å². The zero-order chi connectivity index (χ0) is 12.6. The predicted molar refractivity (Wildman–Crippen MR) is 61.3 cm³/mol. The first-order valence-electron chi connectivity index (χ1n) is 5.26. The van der Waals surface area contributed by atoms with Crippen LogP contribution in [0.15, 0.2) is 18.2 Å². The number of alkyl halides is 3. The molecule has 0 aromatic heterocycles. The largest absolute Gasteiger partial charge is 0.418 e. The summed E-state index contributed by atoms with van der Waals surface area (Å²) in [6, 6.07) is 3.73. The molecule has 2 N–H and O–H groups in total. The highest BCUT2D eigenvalue weighted by Crippen LogP contribution is 2.41. The summed E-state index contributed by atoms with van der Waals surface area (Å²) in [7, 11) is 0. The van der Waals surface area contributed by atoms with Crippen LogP contribution in [0.3, 0.4) is 0 Å². The van der Waals surface area contributed by atoms with Crippen LogP contribution in [0.5, 0.6) is 0 Å². The highest BCUT2D eigenvalue weighted by molar-refractivity contribution is 6.33. The van der Waals surface area contributed by atoms with Gasteiger partial charge in [0.1, 0.15) is 0 Å². The predicted octanol–water partition coefficient (Wildman–Crippen LogP) is 2.90. The Morgan fingerprint density at radius 2 is 2.06 bits per heavy atom. The molecule has 94 valence electrons. The molecule has 2 nitrogen and oxygen atoms in total. The van der Waals surface area contributed by atoms with E-state index in [0.717, 1.165) is 6.07 Å². The topological polar surface area (TPSA) is 29.3 Å². The minimum atomic E-state index is -4.40. The number of hydrogen-bond donors (Lipinski definition) is 1. The minimum absolute atomic E-state index is 0.0506. The number of hydrogen-bond acceptors (Lipinski definition) is 2. The van der Waals surface area contributed by atoms with Crippen molar-refractivity contribution in [3.8, 4) is 0 Å². The molecule has 2 rings (SSSR count). The highest BCUT2D eigenvalue weighted by Gasteiger charge is 2.37. The van der Waals surface area contributed by atoms with Crippen molar-refractivity contribution in [1.29, 1.82) is 0 Å². The molecular weight excluding hydrogens is 253 g/mol. The van der Waals surface area contributed by atoms with Gasteiger partial charge in [0, 0.05) is 19.1 Å². The Morgan fingerprint density at radius 1 is 1.35 bits per heavy atom. The first-order chi connectivity index (χ1) is 7.89. The smallest absolute Gasteiger partial charge is 0.368 e. The number of para-hydroxylation sites is 1. The second-order valence-corrected chi connectivity index (χ2v) is 4.54. The lowest BCUT2D eigenvalue weighted by atomic mass is 10.1. The van der Waals surface area contributed by atoms with Gasteiger partial charge in [-0.05, 0) is 18.6 Å². The second-order valence-electron chi connectivity index (χ2n) is 4.13. The molecule has 1 heterocycles. The van der Waals surface area contributed by atoms with Crippen LogP contribution in [0.4, 0.5) is 18.9 Å². The molecule has 6 heteroatoms. The van der Waals surface area contributed by atoms with Crippen LogP contribution in [-0.4, -0.2) is 19.1 Å². The highest BCUT2D eigenvalue weighted by atomic mass is 35.5. The lowest BCUT2D eigenvalue weighted by molar-refractivity contribution is -0.137. The van der Waals surface area contributed by atoms with Crippen LogP contribution in [0.1, 0.15) is 12.0 Å². The van der Waals surface area contributed by atoms with Gasteiger partial charge in [-0.2, -0.15) is 13.2 Å². The van der Waals surface area contributed by atoms with Crippen molar-refractivity contribution < 1.29 is 13.2 Å². The maximum atomic E-state index is 12.9. The van der Waals surface area contributed by atoms with Gasteiger partial charge in [0.05, 0.1) is 16.3 Å². The quantitative estimate of drug-likeness (QED) is 0.845. The van der Waals surface area contributed by atoms with Crippen molar-refractivity contribution >= 4 is 17.3 Å². The molecule has 1 unspecified atom stereocenters. The molecule has 0 radical (unpaired) electrons. The molecule has 0 amide bonds. The zero-order valence-corrected chi connectivity index (χ0v) is 9.72. The van der Waals surface area contributed by atoms with Crippen molar-refractivity contribution in [2.45, 2.75) is 18.6 Å². The summed E-state index contributed by atoms with van der Waals surface area (Å²) in [5, 5.41) is 0.119. The summed E-state index contributed by atoms with van der Waals surface area (Å²) in [6.45, 7) is 0.917. The Labute approximate surface area is 102 Å². The second kappa shape index (κ2) is 4.38. The number of benzene rings is 1. The molecule has 17 heavy (non-hydrogen) atoms. The molecule has 0 aliphatic carbocycles. The Kier molecular flexibility index (Phi) is 3.23. The molecule has 0 spiro atoms.